The van der Waals surface area contributed by atoms with Crippen molar-refractivity contribution >= 4 is 23.5 Å². The highest BCUT2D eigenvalue weighted by Gasteiger charge is 2.75. The molecule has 1 amide bonds. The number of hydrogen-bond acceptors (Lipinski definition) is 2. The van der Waals surface area contributed by atoms with Crippen molar-refractivity contribution in [3.63, 3.8) is 0 Å². The summed E-state index contributed by atoms with van der Waals surface area (Å²) in [6, 6.07) is 7.45. The number of rotatable bonds is 3. The van der Waals surface area contributed by atoms with Crippen molar-refractivity contribution in [1.82, 2.24) is 4.90 Å². The smallest absolute Gasteiger partial charge is 0.309 e. The van der Waals surface area contributed by atoms with Gasteiger partial charge < -0.3 is 10.0 Å². The minimum absolute atomic E-state index is 0.0999. The van der Waals surface area contributed by atoms with Crippen molar-refractivity contribution in [2.45, 2.75) is 37.1 Å². The van der Waals surface area contributed by atoms with Crippen LogP contribution in [0.25, 0.3) is 0 Å². The highest BCUT2D eigenvalue weighted by atomic mass is 35.5. The molecule has 0 radical (unpaired) electrons. The monoisotopic (exact) mass is 305 g/mol. The van der Waals surface area contributed by atoms with Crippen LogP contribution in [-0.4, -0.2) is 34.0 Å². The third-order valence-corrected chi connectivity index (χ3v) is 5.76. The summed E-state index contributed by atoms with van der Waals surface area (Å²) in [5.41, 5.74) is 0.321. The largest absolute Gasteiger partial charge is 0.481 e. The van der Waals surface area contributed by atoms with E-state index >= 15 is 0 Å². The lowest BCUT2D eigenvalue weighted by Gasteiger charge is -2.71. The summed E-state index contributed by atoms with van der Waals surface area (Å²) < 4.78 is 0. The Morgan fingerprint density at radius 3 is 2.43 bits per heavy atom. The van der Waals surface area contributed by atoms with Crippen molar-refractivity contribution in [3.8, 4) is 0 Å². The number of likely N-dealkylation sites (tertiary alicyclic amines) is 1. The van der Waals surface area contributed by atoms with E-state index in [4.69, 9.17) is 11.6 Å². The summed E-state index contributed by atoms with van der Waals surface area (Å²) in [6.45, 7) is 0.738. The topological polar surface area (TPSA) is 57.6 Å². The number of carboxylic acid groups (broad SMARTS) is 1. The second kappa shape index (κ2) is 4.01. The summed E-state index contributed by atoms with van der Waals surface area (Å²) in [5.74, 6) is -0.654. The van der Waals surface area contributed by atoms with Crippen molar-refractivity contribution < 1.29 is 14.7 Å². The molecule has 110 valence electrons. The first-order valence-electron chi connectivity index (χ1n) is 7.26. The molecule has 1 saturated heterocycles. The van der Waals surface area contributed by atoms with Crippen LogP contribution in [0.15, 0.2) is 24.3 Å². The standard InChI is InChI=1S/C16H16ClNO3/c17-11-3-1-10(2-4-11)12-5-6-18(13(12)19)16-7-15(8-16,9-16)14(20)21/h1-4,12H,5-9H2,(H,20,21). The van der Waals surface area contributed by atoms with Gasteiger partial charge >= 0.3 is 5.97 Å². The van der Waals surface area contributed by atoms with Crippen molar-refractivity contribution in [3.05, 3.63) is 34.9 Å². The van der Waals surface area contributed by atoms with E-state index in [-0.39, 0.29) is 17.4 Å². The van der Waals surface area contributed by atoms with E-state index in [0.29, 0.717) is 24.3 Å². The molecular weight excluding hydrogens is 290 g/mol. The predicted octanol–water partition coefficient (Wildman–Crippen LogP) is 2.66. The zero-order valence-corrected chi connectivity index (χ0v) is 12.3. The maximum absolute atomic E-state index is 12.7. The summed E-state index contributed by atoms with van der Waals surface area (Å²) in [4.78, 5) is 25.8. The molecule has 0 spiro atoms. The first kappa shape index (κ1) is 13.1. The van der Waals surface area contributed by atoms with Gasteiger partial charge in [-0.1, -0.05) is 23.7 Å². The number of amides is 1. The molecule has 1 aromatic carbocycles. The molecule has 4 nitrogen and oxygen atoms in total. The van der Waals surface area contributed by atoms with Gasteiger partial charge in [0.15, 0.2) is 0 Å². The molecule has 1 unspecified atom stereocenters. The summed E-state index contributed by atoms with van der Waals surface area (Å²) in [6.07, 6.45) is 2.71. The van der Waals surface area contributed by atoms with Gasteiger partial charge in [-0.3, -0.25) is 9.59 Å². The van der Waals surface area contributed by atoms with Gasteiger partial charge in [0.25, 0.3) is 0 Å². The van der Waals surface area contributed by atoms with Gasteiger partial charge in [-0.15, -0.1) is 0 Å². The molecule has 1 aliphatic heterocycles. The number of carbonyl (C=O) groups is 2. The number of carbonyl (C=O) groups excluding carboxylic acids is 1. The van der Waals surface area contributed by atoms with Crippen LogP contribution in [0.2, 0.25) is 5.02 Å². The molecule has 5 rings (SSSR count). The summed E-state index contributed by atoms with van der Waals surface area (Å²) in [7, 11) is 0. The second-order valence-electron chi connectivity index (χ2n) is 6.72. The first-order valence-corrected chi connectivity index (χ1v) is 7.64. The quantitative estimate of drug-likeness (QED) is 0.934. The Morgan fingerprint density at radius 2 is 1.86 bits per heavy atom. The Kier molecular flexibility index (Phi) is 2.51. The second-order valence-corrected chi connectivity index (χ2v) is 7.16. The van der Waals surface area contributed by atoms with Gasteiger partial charge in [0.05, 0.1) is 11.3 Å². The molecule has 4 fully saturated rings. The van der Waals surface area contributed by atoms with E-state index in [1.807, 2.05) is 29.2 Å². The van der Waals surface area contributed by atoms with Gasteiger partial charge in [0.2, 0.25) is 5.91 Å². The molecule has 4 aliphatic rings. The minimum atomic E-state index is -0.703. The molecule has 3 aliphatic carbocycles. The average Bonchev–Trinajstić information content (AvgIpc) is 2.69. The molecule has 1 heterocycles. The first-order chi connectivity index (χ1) is 9.96. The number of halogens is 1. The van der Waals surface area contributed by atoms with Crippen molar-refractivity contribution in [2.75, 3.05) is 6.54 Å². The van der Waals surface area contributed by atoms with Crippen LogP contribution < -0.4 is 0 Å². The molecule has 1 aromatic rings. The van der Waals surface area contributed by atoms with E-state index in [0.717, 1.165) is 18.5 Å². The van der Waals surface area contributed by atoms with Crippen LogP contribution in [0, 0.1) is 5.41 Å². The Hall–Kier alpha value is -1.55. The maximum Gasteiger partial charge on any atom is 0.309 e. The SMILES string of the molecule is O=C1C(c2ccc(Cl)cc2)CCN1C12CC(C(=O)O)(C1)C2. The lowest BCUT2D eigenvalue weighted by atomic mass is 9.39. The van der Waals surface area contributed by atoms with E-state index in [1.54, 1.807) is 0 Å². The number of nitrogens with zero attached hydrogens (tertiary/aromatic N) is 1. The molecule has 1 N–H and O–H groups in total. The van der Waals surface area contributed by atoms with E-state index in [1.165, 1.54) is 0 Å². The lowest BCUT2D eigenvalue weighted by molar-refractivity contribution is -0.227. The zero-order valence-electron chi connectivity index (χ0n) is 11.5. The lowest BCUT2D eigenvalue weighted by Crippen LogP contribution is -2.77. The molecule has 3 saturated carbocycles. The third-order valence-electron chi connectivity index (χ3n) is 5.51. The van der Waals surface area contributed by atoms with Gasteiger partial charge in [-0.25, -0.2) is 0 Å². The number of aliphatic carboxylic acids is 1. The van der Waals surface area contributed by atoms with Gasteiger partial charge in [0.1, 0.15) is 0 Å². The number of benzene rings is 1. The Balaban J connectivity index is 1.51. The Bertz CT molecular complexity index is 620. The predicted molar refractivity (Wildman–Crippen MR) is 77.2 cm³/mol. The van der Waals surface area contributed by atoms with Crippen LogP contribution in [-0.2, 0) is 9.59 Å². The number of carboxylic acids is 1. The zero-order chi connectivity index (χ0) is 14.8. The fourth-order valence-electron chi connectivity index (χ4n) is 4.40. The molecule has 1 atom stereocenters. The van der Waals surface area contributed by atoms with Crippen LogP contribution in [0.4, 0.5) is 0 Å². The fraction of sp³-hybridized carbons (Fsp3) is 0.500. The molecule has 0 aromatic heterocycles. The van der Waals surface area contributed by atoms with Crippen LogP contribution in [0.3, 0.4) is 0 Å². The third kappa shape index (κ3) is 1.62. The minimum Gasteiger partial charge on any atom is -0.481 e. The Labute approximate surface area is 127 Å². The van der Waals surface area contributed by atoms with Gasteiger partial charge in [-0.2, -0.15) is 0 Å². The molecule has 21 heavy (non-hydrogen) atoms. The van der Waals surface area contributed by atoms with Crippen LogP contribution in [0.1, 0.15) is 37.2 Å². The van der Waals surface area contributed by atoms with E-state index in [9.17, 15) is 14.7 Å². The average molecular weight is 306 g/mol. The van der Waals surface area contributed by atoms with E-state index in [2.05, 4.69) is 0 Å². The number of hydrogen-bond donors (Lipinski definition) is 1. The van der Waals surface area contributed by atoms with Crippen molar-refractivity contribution in [1.29, 1.82) is 0 Å². The molecule has 5 heteroatoms. The van der Waals surface area contributed by atoms with Crippen LogP contribution in [0.5, 0.6) is 0 Å². The van der Waals surface area contributed by atoms with E-state index < -0.39 is 11.4 Å². The van der Waals surface area contributed by atoms with Gasteiger partial charge in [-0.05, 0) is 43.4 Å². The molecular formula is C16H16ClNO3. The van der Waals surface area contributed by atoms with Gasteiger partial charge in [0, 0.05) is 17.1 Å². The normalized spacial score (nSPS) is 37.1. The summed E-state index contributed by atoms with van der Waals surface area (Å²) >= 11 is 5.89. The fourth-order valence-corrected chi connectivity index (χ4v) is 4.53. The highest BCUT2D eigenvalue weighted by molar-refractivity contribution is 6.30. The highest BCUT2D eigenvalue weighted by Crippen LogP contribution is 2.70. The molecule has 2 bridgehead atoms. The maximum atomic E-state index is 12.7. The van der Waals surface area contributed by atoms with Crippen molar-refractivity contribution in [2.24, 2.45) is 5.41 Å². The summed E-state index contributed by atoms with van der Waals surface area (Å²) in [5, 5.41) is 9.86. The van der Waals surface area contributed by atoms with Crippen LogP contribution >= 0.6 is 11.6 Å². The Morgan fingerprint density at radius 1 is 1.24 bits per heavy atom.